The second kappa shape index (κ2) is 6.48. The van der Waals surface area contributed by atoms with Crippen LogP contribution in [0.1, 0.15) is 19.8 Å². The molecule has 1 aliphatic rings. The van der Waals surface area contributed by atoms with Crippen LogP contribution in [0.25, 0.3) is 0 Å². The Balaban J connectivity index is 2.50. The van der Waals surface area contributed by atoms with Crippen LogP contribution in [0.3, 0.4) is 0 Å². The molecule has 0 bridgehead atoms. The Labute approximate surface area is 95.0 Å². The molecule has 1 saturated heterocycles. The fraction of sp³-hybridized carbons (Fsp3) is 1.00. The number of unbranched alkanes of at least 4 members (excludes halogenated alkanes) is 1. The molecule has 5 N–H and O–H groups in total. The van der Waals surface area contributed by atoms with Crippen molar-refractivity contribution >= 4 is 0 Å². The van der Waals surface area contributed by atoms with Gasteiger partial charge in [0, 0.05) is 6.61 Å². The van der Waals surface area contributed by atoms with Crippen LogP contribution in [0.15, 0.2) is 0 Å². The molecule has 0 amide bonds. The average Bonchev–Trinajstić information content (AvgIpc) is 2.29. The summed E-state index contributed by atoms with van der Waals surface area (Å²) in [5.74, 6) is 0. The van der Waals surface area contributed by atoms with E-state index in [0.29, 0.717) is 6.61 Å². The van der Waals surface area contributed by atoms with Crippen molar-refractivity contribution in [2.75, 3.05) is 13.2 Å². The third kappa shape index (κ3) is 3.13. The predicted molar refractivity (Wildman–Crippen MR) is 56.6 cm³/mol. The van der Waals surface area contributed by atoms with Gasteiger partial charge in [0.25, 0.3) is 0 Å². The van der Waals surface area contributed by atoms with Crippen molar-refractivity contribution in [2.24, 2.45) is 5.73 Å². The quantitative estimate of drug-likeness (QED) is 0.435. The highest BCUT2D eigenvalue weighted by molar-refractivity contribution is 4.91. The smallest absolute Gasteiger partial charge is 0.175 e. The van der Waals surface area contributed by atoms with Gasteiger partial charge in [0.05, 0.1) is 12.6 Å². The van der Waals surface area contributed by atoms with Crippen LogP contribution < -0.4 is 5.73 Å². The largest absolute Gasteiger partial charge is 0.394 e. The molecule has 6 nitrogen and oxygen atoms in total. The Morgan fingerprint density at radius 1 is 1.31 bits per heavy atom. The van der Waals surface area contributed by atoms with E-state index in [1.807, 2.05) is 6.92 Å². The molecule has 1 aliphatic heterocycles. The molecule has 0 aliphatic carbocycles. The Morgan fingerprint density at radius 3 is 2.56 bits per heavy atom. The third-order valence-electron chi connectivity index (χ3n) is 2.71. The number of nitrogens with two attached hydrogens (primary N) is 1. The van der Waals surface area contributed by atoms with E-state index in [4.69, 9.17) is 20.3 Å². The molecule has 1 heterocycles. The zero-order valence-electron chi connectivity index (χ0n) is 9.45. The molecule has 0 spiro atoms. The molecular weight excluding hydrogens is 214 g/mol. The van der Waals surface area contributed by atoms with E-state index in [1.165, 1.54) is 0 Å². The molecule has 0 unspecified atom stereocenters. The highest BCUT2D eigenvalue weighted by Gasteiger charge is 2.42. The van der Waals surface area contributed by atoms with Crippen LogP contribution in [0.4, 0.5) is 0 Å². The van der Waals surface area contributed by atoms with Crippen molar-refractivity contribution < 1.29 is 24.8 Å². The van der Waals surface area contributed by atoms with Crippen molar-refractivity contribution in [3.63, 3.8) is 0 Å². The van der Waals surface area contributed by atoms with E-state index in [9.17, 15) is 10.2 Å². The Hall–Kier alpha value is -0.240. The van der Waals surface area contributed by atoms with Crippen LogP contribution >= 0.6 is 0 Å². The standard InChI is InChI=1S/C10H21NO5/c1-2-3-4-15-10-7(11)9(14)8(13)6(5-12)16-10/h6-10,12-14H,2-5,11H2,1H3/t6-,7+,8-,9-,10+/m1/s1. The van der Waals surface area contributed by atoms with Crippen LogP contribution in [0, 0.1) is 0 Å². The second-order valence-electron chi connectivity index (χ2n) is 4.01. The van der Waals surface area contributed by atoms with E-state index in [2.05, 4.69) is 0 Å². The molecule has 1 fully saturated rings. The second-order valence-corrected chi connectivity index (χ2v) is 4.01. The van der Waals surface area contributed by atoms with Gasteiger partial charge in [-0.2, -0.15) is 0 Å². The van der Waals surface area contributed by atoms with Gasteiger partial charge in [-0.05, 0) is 6.42 Å². The van der Waals surface area contributed by atoms with Crippen molar-refractivity contribution in [3.05, 3.63) is 0 Å². The zero-order valence-corrected chi connectivity index (χ0v) is 9.45. The maximum Gasteiger partial charge on any atom is 0.175 e. The average molecular weight is 235 g/mol. The molecule has 5 atom stereocenters. The van der Waals surface area contributed by atoms with Crippen molar-refractivity contribution in [3.8, 4) is 0 Å². The van der Waals surface area contributed by atoms with Gasteiger partial charge in [-0.1, -0.05) is 13.3 Å². The van der Waals surface area contributed by atoms with E-state index < -0.39 is 30.6 Å². The van der Waals surface area contributed by atoms with Crippen molar-refractivity contribution in [1.29, 1.82) is 0 Å². The highest BCUT2D eigenvalue weighted by Crippen LogP contribution is 2.20. The minimum atomic E-state index is -1.17. The van der Waals surface area contributed by atoms with Gasteiger partial charge in [0.1, 0.15) is 18.3 Å². The molecule has 6 heteroatoms. The third-order valence-corrected chi connectivity index (χ3v) is 2.71. The number of hydrogen-bond acceptors (Lipinski definition) is 6. The lowest BCUT2D eigenvalue weighted by Crippen LogP contribution is -2.62. The first kappa shape index (κ1) is 13.8. The van der Waals surface area contributed by atoms with Crippen LogP contribution in [-0.4, -0.2) is 59.2 Å². The number of ether oxygens (including phenoxy) is 2. The first-order chi connectivity index (χ1) is 7.61. The number of aliphatic hydroxyl groups excluding tert-OH is 3. The number of rotatable bonds is 5. The molecule has 0 saturated carbocycles. The molecule has 0 aromatic rings. The van der Waals surface area contributed by atoms with Gasteiger partial charge in [0.15, 0.2) is 6.29 Å². The normalized spacial score (nSPS) is 39.9. The summed E-state index contributed by atoms with van der Waals surface area (Å²) < 4.78 is 10.6. The molecule has 0 aromatic carbocycles. The summed E-state index contributed by atoms with van der Waals surface area (Å²) in [6, 6.07) is -0.797. The number of hydrogen-bond donors (Lipinski definition) is 4. The van der Waals surface area contributed by atoms with Crippen LogP contribution in [-0.2, 0) is 9.47 Å². The Morgan fingerprint density at radius 2 is 2.00 bits per heavy atom. The van der Waals surface area contributed by atoms with Crippen molar-refractivity contribution in [2.45, 2.75) is 50.4 Å². The maximum atomic E-state index is 9.63. The van der Waals surface area contributed by atoms with Gasteiger partial charge < -0.3 is 30.5 Å². The molecule has 1 rings (SSSR count). The summed E-state index contributed by atoms with van der Waals surface area (Å²) in [5, 5.41) is 28.1. The SMILES string of the molecule is CCCCO[C@H]1O[C@H](CO)[C@@H](O)[C@H](O)[C@@H]1N. The van der Waals surface area contributed by atoms with E-state index in [-0.39, 0.29) is 6.61 Å². The summed E-state index contributed by atoms with van der Waals surface area (Å²) in [5.41, 5.74) is 5.67. The summed E-state index contributed by atoms with van der Waals surface area (Å²) in [6.07, 6.45) is -2.09. The van der Waals surface area contributed by atoms with Gasteiger partial charge in [0.2, 0.25) is 0 Å². The Bertz CT molecular complexity index is 202. The van der Waals surface area contributed by atoms with Gasteiger partial charge in [-0.25, -0.2) is 0 Å². The lowest BCUT2D eigenvalue weighted by atomic mass is 9.98. The summed E-state index contributed by atoms with van der Waals surface area (Å²) >= 11 is 0. The van der Waals surface area contributed by atoms with Crippen molar-refractivity contribution in [1.82, 2.24) is 0 Å². The lowest BCUT2D eigenvalue weighted by Gasteiger charge is -2.40. The van der Waals surface area contributed by atoms with E-state index in [1.54, 1.807) is 0 Å². The van der Waals surface area contributed by atoms with Gasteiger partial charge >= 0.3 is 0 Å². The topological polar surface area (TPSA) is 105 Å². The fourth-order valence-corrected chi connectivity index (χ4v) is 1.60. The highest BCUT2D eigenvalue weighted by atomic mass is 16.7. The summed E-state index contributed by atoms with van der Waals surface area (Å²) in [7, 11) is 0. The van der Waals surface area contributed by atoms with Gasteiger partial charge in [-0.3, -0.25) is 0 Å². The monoisotopic (exact) mass is 235 g/mol. The summed E-state index contributed by atoms with van der Waals surface area (Å²) in [6.45, 7) is 2.13. The molecule has 0 radical (unpaired) electrons. The predicted octanol–water partition coefficient (Wildman–Crippen LogP) is -1.43. The summed E-state index contributed by atoms with van der Waals surface area (Å²) in [4.78, 5) is 0. The maximum absolute atomic E-state index is 9.63. The first-order valence-electron chi connectivity index (χ1n) is 5.61. The zero-order chi connectivity index (χ0) is 12.1. The first-order valence-corrected chi connectivity index (χ1v) is 5.61. The lowest BCUT2D eigenvalue weighted by molar-refractivity contribution is -0.265. The Kier molecular flexibility index (Phi) is 5.60. The van der Waals surface area contributed by atoms with E-state index >= 15 is 0 Å². The van der Waals surface area contributed by atoms with Gasteiger partial charge in [-0.15, -0.1) is 0 Å². The van der Waals surface area contributed by atoms with E-state index in [0.717, 1.165) is 12.8 Å². The molecular formula is C10H21NO5. The fourth-order valence-electron chi connectivity index (χ4n) is 1.60. The van der Waals surface area contributed by atoms with Crippen LogP contribution in [0.2, 0.25) is 0 Å². The molecule has 0 aromatic heterocycles. The minimum absolute atomic E-state index is 0.376. The van der Waals surface area contributed by atoms with Crippen LogP contribution in [0.5, 0.6) is 0 Å². The molecule has 96 valence electrons. The molecule has 16 heavy (non-hydrogen) atoms. The minimum Gasteiger partial charge on any atom is -0.394 e. The number of aliphatic hydroxyl groups is 3.